The number of hydrogen-bond acceptors (Lipinski definition) is 4. The van der Waals surface area contributed by atoms with E-state index in [2.05, 4.69) is 9.98 Å². The predicted octanol–water partition coefficient (Wildman–Crippen LogP) is 1.38. The van der Waals surface area contributed by atoms with E-state index in [1.165, 1.54) is 0 Å². The van der Waals surface area contributed by atoms with Crippen molar-refractivity contribution in [1.82, 2.24) is 0 Å². The first-order chi connectivity index (χ1) is 9.93. The Balaban J connectivity index is 3.00. The van der Waals surface area contributed by atoms with Crippen LogP contribution in [0.25, 0.3) is 0 Å². The van der Waals surface area contributed by atoms with Gasteiger partial charge in [-0.05, 0) is 26.0 Å². The van der Waals surface area contributed by atoms with Crippen molar-refractivity contribution >= 4 is 28.7 Å². The summed E-state index contributed by atoms with van der Waals surface area (Å²) in [7, 11) is 1.62. The van der Waals surface area contributed by atoms with E-state index in [-0.39, 0.29) is 17.0 Å². The lowest BCUT2D eigenvalue weighted by atomic mass is 10.2. The molecule has 1 aromatic carbocycles. The Morgan fingerprint density at radius 3 is 2.57 bits per heavy atom. The molecule has 0 saturated carbocycles. The first-order valence-electron chi connectivity index (χ1n) is 6.42. The topological polar surface area (TPSA) is 103 Å². The van der Waals surface area contributed by atoms with Gasteiger partial charge >= 0.3 is 0 Å². The molecule has 0 aliphatic rings. The van der Waals surface area contributed by atoms with E-state index >= 15 is 0 Å². The van der Waals surface area contributed by atoms with Gasteiger partial charge < -0.3 is 16.2 Å². The zero-order valence-electron chi connectivity index (χ0n) is 12.4. The van der Waals surface area contributed by atoms with E-state index in [4.69, 9.17) is 16.2 Å². The maximum absolute atomic E-state index is 10.7. The molecule has 0 radical (unpaired) electrons. The number of primary amides is 1. The number of thioether (sulfide) groups is 1. The highest BCUT2D eigenvalue weighted by molar-refractivity contribution is 8.14. The summed E-state index contributed by atoms with van der Waals surface area (Å²) < 4.78 is 5.74. The lowest BCUT2D eigenvalue weighted by Gasteiger charge is -2.13. The van der Waals surface area contributed by atoms with Crippen molar-refractivity contribution in [2.24, 2.45) is 21.5 Å². The van der Waals surface area contributed by atoms with E-state index in [1.807, 2.05) is 38.1 Å². The van der Waals surface area contributed by atoms with Crippen LogP contribution in [0.1, 0.15) is 19.4 Å². The normalized spacial score (nSPS) is 12.6. The molecule has 114 valence electrons. The number of ether oxygens (including phenoxy) is 1. The van der Waals surface area contributed by atoms with Crippen LogP contribution in [0.2, 0.25) is 0 Å². The molecule has 0 atom stereocenters. The van der Waals surface area contributed by atoms with Crippen molar-refractivity contribution in [3.8, 4) is 5.75 Å². The summed E-state index contributed by atoms with van der Waals surface area (Å²) in [6.45, 7) is 3.89. The smallest absolute Gasteiger partial charge is 0.227 e. The first kappa shape index (κ1) is 17.0. The number of nitrogens with two attached hydrogens (primary N) is 2. The fraction of sp³-hybridized carbons (Fsp3) is 0.357. The van der Waals surface area contributed by atoms with Gasteiger partial charge in [-0.15, -0.1) is 0 Å². The van der Waals surface area contributed by atoms with E-state index in [0.29, 0.717) is 11.6 Å². The molecule has 0 bridgehead atoms. The minimum absolute atomic E-state index is 0.0369. The average Bonchev–Trinajstić information content (AvgIpc) is 2.42. The van der Waals surface area contributed by atoms with Crippen LogP contribution in [-0.2, 0) is 4.79 Å². The van der Waals surface area contributed by atoms with E-state index in [1.54, 1.807) is 7.05 Å². The largest absolute Gasteiger partial charge is 0.490 e. The summed E-state index contributed by atoms with van der Waals surface area (Å²) in [6.07, 6.45) is 0.0369. The van der Waals surface area contributed by atoms with Gasteiger partial charge in [-0.1, -0.05) is 23.9 Å². The van der Waals surface area contributed by atoms with Crippen LogP contribution in [0, 0.1) is 0 Å². The molecule has 0 aliphatic heterocycles. The van der Waals surface area contributed by atoms with Gasteiger partial charge in [0.15, 0.2) is 11.0 Å². The number of para-hydroxylation sites is 1. The lowest BCUT2D eigenvalue weighted by molar-refractivity contribution is -0.115. The van der Waals surface area contributed by atoms with Gasteiger partial charge in [0.2, 0.25) is 5.91 Å². The van der Waals surface area contributed by atoms with E-state index < -0.39 is 5.91 Å². The second-order valence-electron chi connectivity index (χ2n) is 4.42. The number of carbonyl (C=O) groups is 1. The zero-order chi connectivity index (χ0) is 15.8. The third-order valence-electron chi connectivity index (χ3n) is 2.28. The molecule has 6 nitrogen and oxygen atoms in total. The molecule has 0 saturated heterocycles. The van der Waals surface area contributed by atoms with Crippen molar-refractivity contribution in [3.05, 3.63) is 29.8 Å². The summed E-state index contributed by atoms with van der Waals surface area (Å²) in [5.41, 5.74) is 11.6. The summed E-state index contributed by atoms with van der Waals surface area (Å²) in [5, 5.41) is 0.230. The minimum Gasteiger partial charge on any atom is -0.490 e. The SMILES string of the molecule is CN=C(N=C(N)SCC(N)=O)c1ccccc1OC(C)C. The Labute approximate surface area is 128 Å². The molecule has 21 heavy (non-hydrogen) atoms. The van der Waals surface area contributed by atoms with Gasteiger partial charge in [0.1, 0.15) is 5.75 Å². The van der Waals surface area contributed by atoms with Crippen LogP contribution in [0.15, 0.2) is 34.3 Å². The number of benzene rings is 1. The van der Waals surface area contributed by atoms with Crippen molar-refractivity contribution in [1.29, 1.82) is 0 Å². The van der Waals surface area contributed by atoms with Gasteiger partial charge in [0.25, 0.3) is 0 Å². The maximum Gasteiger partial charge on any atom is 0.227 e. The molecular formula is C14H20N4O2S. The summed E-state index contributed by atoms with van der Waals surface area (Å²) in [6, 6.07) is 7.46. The molecule has 7 heteroatoms. The number of aliphatic imine (C=N–C) groups is 2. The summed E-state index contributed by atoms with van der Waals surface area (Å²) >= 11 is 1.07. The quantitative estimate of drug-likeness (QED) is 0.633. The van der Waals surface area contributed by atoms with Gasteiger partial charge in [-0.3, -0.25) is 9.79 Å². The Kier molecular flexibility index (Phi) is 6.74. The molecule has 4 N–H and O–H groups in total. The monoisotopic (exact) mass is 308 g/mol. The standard InChI is InChI=1S/C14H20N4O2S/c1-9(2)20-11-7-5-4-6-10(11)13(17-3)18-14(16)21-8-12(15)19/h4-7,9H,8H2,1-3H3,(H2,15,19)(H2,16,17,18). The number of nitrogens with zero attached hydrogens (tertiary/aromatic N) is 2. The molecule has 0 fully saturated rings. The fourth-order valence-corrected chi connectivity index (χ4v) is 1.96. The predicted molar refractivity (Wildman–Crippen MR) is 87.9 cm³/mol. The Bertz CT molecular complexity index is 556. The van der Waals surface area contributed by atoms with Gasteiger partial charge in [0, 0.05) is 7.05 Å². The third kappa shape index (κ3) is 5.86. The van der Waals surface area contributed by atoms with Crippen LogP contribution in [0.4, 0.5) is 0 Å². The van der Waals surface area contributed by atoms with Crippen LogP contribution < -0.4 is 16.2 Å². The zero-order valence-corrected chi connectivity index (χ0v) is 13.2. The molecule has 1 rings (SSSR count). The number of amides is 1. The van der Waals surface area contributed by atoms with Gasteiger partial charge in [-0.2, -0.15) is 0 Å². The lowest BCUT2D eigenvalue weighted by Crippen LogP contribution is -2.19. The summed E-state index contributed by atoms with van der Waals surface area (Å²) in [4.78, 5) is 19.1. The van der Waals surface area contributed by atoms with E-state index in [9.17, 15) is 4.79 Å². The van der Waals surface area contributed by atoms with Crippen LogP contribution in [0.3, 0.4) is 0 Å². The number of rotatable bonds is 5. The molecule has 0 aliphatic carbocycles. The molecule has 0 spiro atoms. The van der Waals surface area contributed by atoms with Crippen molar-refractivity contribution in [3.63, 3.8) is 0 Å². The van der Waals surface area contributed by atoms with Crippen molar-refractivity contribution < 1.29 is 9.53 Å². The molecule has 0 unspecified atom stereocenters. The Morgan fingerprint density at radius 2 is 2.00 bits per heavy atom. The number of hydrogen-bond donors (Lipinski definition) is 2. The number of amidine groups is 2. The highest BCUT2D eigenvalue weighted by Gasteiger charge is 2.11. The van der Waals surface area contributed by atoms with Gasteiger partial charge in [-0.25, -0.2) is 4.99 Å². The van der Waals surface area contributed by atoms with Crippen molar-refractivity contribution in [2.75, 3.05) is 12.8 Å². The highest BCUT2D eigenvalue weighted by atomic mass is 32.2. The van der Waals surface area contributed by atoms with Crippen molar-refractivity contribution in [2.45, 2.75) is 20.0 Å². The second kappa shape index (κ2) is 8.31. The van der Waals surface area contributed by atoms with Gasteiger partial charge in [0.05, 0.1) is 17.4 Å². The van der Waals surface area contributed by atoms with E-state index in [0.717, 1.165) is 17.3 Å². The minimum atomic E-state index is -0.448. The third-order valence-corrected chi connectivity index (χ3v) is 3.10. The highest BCUT2D eigenvalue weighted by Crippen LogP contribution is 2.21. The maximum atomic E-state index is 10.7. The first-order valence-corrected chi connectivity index (χ1v) is 7.40. The van der Waals surface area contributed by atoms with Crippen LogP contribution in [-0.4, -0.2) is 35.8 Å². The fourth-order valence-electron chi connectivity index (χ4n) is 1.52. The molecule has 1 amide bonds. The average molecular weight is 308 g/mol. The van der Waals surface area contributed by atoms with Crippen LogP contribution >= 0.6 is 11.8 Å². The Morgan fingerprint density at radius 1 is 1.33 bits per heavy atom. The van der Waals surface area contributed by atoms with Crippen LogP contribution in [0.5, 0.6) is 5.75 Å². The molecular weight excluding hydrogens is 288 g/mol. The molecule has 0 aromatic heterocycles. The molecule has 1 aromatic rings. The second-order valence-corrected chi connectivity index (χ2v) is 5.41. The summed E-state index contributed by atoms with van der Waals surface area (Å²) in [5.74, 6) is 0.762. The Hall–Kier alpha value is -2.02. The molecule has 0 heterocycles. The number of carbonyl (C=O) groups excluding carboxylic acids is 1.